The number of hydrogen-bond acceptors (Lipinski definition) is 3. The molecule has 4 nitrogen and oxygen atoms in total. The van der Waals surface area contributed by atoms with Gasteiger partial charge in [0.2, 0.25) is 5.60 Å². The third kappa shape index (κ3) is 6.11. The molecule has 1 aliphatic rings. The Kier molecular flexibility index (Phi) is 6.96. The van der Waals surface area contributed by atoms with E-state index in [2.05, 4.69) is 4.84 Å². The maximum absolute atomic E-state index is 14.1. The summed E-state index contributed by atoms with van der Waals surface area (Å²) >= 11 is 0. The van der Waals surface area contributed by atoms with E-state index in [1.54, 1.807) is 5.32 Å². The van der Waals surface area contributed by atoms with E-state index < -0.39 is 65.1 Å². The molecule has 2 N–H and O–H groups in total. The number of carbonyl (C=O) groups excluding carboxylic acids is 1. The van der Waals surface area contributed by atoms with E-state index in [1.807, 2.05) is 5.48 Å². The van der Waals surface area contributed by atoms with Crippen molar-refractivity contribution >= 4 is 11.6 Å². The second-order valence-electron chi connectivity index (χ2n) is 7.67. The first kappa shape index (κ1) is 28.1. The molecule has 0 aromatic heterocycles. The van der Waals surface area contributed by atoms with Crippen molar-refractivity contribution in [3.8, 4) is 0 Å². The Morgan fingerprint density at radius 1 is 0.811 bits per heavy atom. The number of benzene rings is 2. The molecular formula is C21H12F12N2O2. The summed E-state index contributed by atoms with van der Waals surface area (Å²) in [5, 5.41) is 1.57. The van der Waals surface area contributed by atoms with E-state index in [0.717, 1.165) is 24.3 Å². The molecule has 0 fully saturated rings. The molecule has 0 radical (unpaired) electrons. The lowest BCUT2D eigenvalue weighted by Gasteiger charge is -2.29. The van der Waals surface area contributed by atoms with E-state index in [0.29, 0.717) is 0 Å². The van der Waals surface area contributed by atoms with Gasteiger partial charge >= 0.3 is 24.7 Å². The normalized spacial score (nSPS) is 18.9. The Labute approximate surface area is 198 Å². The predicted molar refractivity (Wildman–Crippen MR) is 101 cm³/mol. The highest BCUT2D eigenvalue weighted by molar-refractivity contribution is 5.94. The van der Waals surface area contributed by atoms with Gasteiger partial charge in [-0.1, -0.05) is 12.1 Å². The average molecular weight is 552 g/mol. The van der Waals surface area contributed by atoms with Crippen LogP contribution in [0.4, 0.5) is 52.7 Å². The molecule has 1 amide bonds. The van der Waals surface area contributed by atoms with Crippen molar-refractivity contribution in [1.82, 2.24) is 10.8 Å². The topological polar surface area (TPSA) is 50.4 Å². The molecule has 16 heteroatoms. The predicted octanol–water partition coefficient (Wildman–Crippen LogP) is 6.35. The molecule has 37 heavy (non-hydrogen) atoms. The fraction of sp³-hybridized carbons (Fsp3) is 0.286. The smallest absolute Gasteiger partial charge is 0.343 e. The summed E-state index contributed by atoms with van der Waals surface area (Å²) in [6.45, 7) is -1.65. The van der Waals surface area contributed by atoms with Gasteiger partial charge in [0.1, 0.15) is 6.54 Å². The van der Waals surface area contributed by atoms with Crippen LogP contribution in [0.3, 0.4) is 0 Å². The lowest BCUT2D eigenvalue weighted by molar-refractivity contribution is -0.269. The molecule has 2 aromatic carbocycles. The van der Waals surface area contributed by atoms with Crippen molar-refractivity contribution in [2.24, 2.45) is 0 Å². The highest BCUT2D eigenvalue weighted by Crippen LogP contribution is 2.49. The van der Waals surface area contributed by atoms with Crippen molar-refractivity contribution in [3.05, 3.63) is 76.4 Å². The molecule has 1 unspecified atom stereocenters. The van der Waals surface area contributed by atoms with Gasteiger partial charge in [-0.3, -0.25) is 15.1 Å². The fourth-order valence-corrected chi connectivity index (χ4v) is 3.24. The minimum absolute atomic E-state index is 0.127. The molecule has 1 atom stereocenters. The number of hydrogen-bond donors (Lipinski definition) is 2. The van der Waals surface area contributed by atoms with E-state index in [9.17, 15) is 57.5 Å². The summed E-state index contributed by atoms with van der Waals surface area (Å²) < 4.78 is 158. The van der Waals surface area contributed by atoms with Gasteiger partial charge in [0.15, 0.2) is 0 Å². The standard InChI is InChI=1S/C21H12F12N2O2/c22-18(23,24)9-34-16(36)11-3-1-10(2-4-11)15-8-17(37-35-15,21(31,32)33)12-5-13(19(25,26)27)7-14(6-12)20(28,29)30/h1-8,35H,9H2,(H,34,36). The molecular weight excluding hydrogens is 540 g/mol. The van der Waals surface area contributed by atoms with Crippen LogP contribution in [-0.2, 0) is 22.8 Å². The number of rotatable bonds is 4. The lowest BCUT2D eigenvalue weighted by atomic mass is 9.88. The van der Waals surface area contributed by atoms with E-state index in [1.165, 1.54) is 0 Å². The summed E-state index contributed by atoms with van der Waals surface area (Å²) in [6.07, 6.45) is -20.9. The first-order chi connectivity index (χ1) is 16.7. The second kappa shape index (κ2) is 9.15. The Morgan fingerprint density at radius 3 is 1.76 bits per heavy atom. The molecule has 0 saturated carbocycles. The highest BCUT2D eigenvalue weighted by Gasteiger charge is 2.60. The molecule has 202 valence electrons. The van der Waals surface area contributed by atoms with Crippen LogP contribution in [0.5, 0.6) is 0 Å². The molecule has 1 aliphatic heterocycles. The molecule has 0 saturated heterocycles. The zero-order valence-electron chi connectivity index (χ0n) is 17.7. The first-order valence-electron chi connectivity index (χ1n) is 9.72. The minimum Gasteiger partial charge on any atom is -0.343 e. The summed E-state index contributed by atoms with van der Waals surface area (Å²) in [7, 11) is 0. The summed E-state index contributed by atoms with van der Waals surface area (Å²) in [5.41, 5.74) is -8.54. The maximum Gasteiger partial charge on any atom is 0.428 e. The number of carbonyl (C=O) groups is 1. The number of hydroxylamine groups is 1. The molecule has 2 aromatic rings. The molecule has 1 heterocycles. The number of amides is 1. The van der Waals surface area contributed by atoms with Crippen molar-refractivity contribution in [2.45, 2.75) is 30.3 Å². The van der Waals surface area contributed by atoms with Crippen molar-refractivity contribution < 1.29 is 62.3 Å². The highest BCUT2D eigenvalue weighted by atomic mass is 19.4. The largest absolute Gasteiger partial charge is 0.428 e. The monoisotopic (exact) mass is 552 g/mol. The van der Waals surface area contributed by atoms with Crippen molar-refractivity contribution in [2.75, 3.05) is 6.54 Å². The van der Waals surface area contributed by atoms with Gasteiger partial charge in [0, 0.05) is 11.1 Å². The summed E-state index contributed by atoms with van der Waals surface area (Å²) in [6, 6.07) is 3.22. The van der Waals surface area contributed by atoms with Crippen molar-refractivity contribution in [1.29, 1.82) is 0 Å². The number of nitrogens with one attached hydrogen (secondary N) is 2. The average Bonchev–Trinajstić information content (AvgIpc) is 3.23. The van der Waals surface area contributed by atoms with Crippen LogP contribution >= 0.6 is 0 Å². The van der Waals surface area contributed by atoms with Gasteiger partial charge < -0.3 is 5.32 Å². The van der Waals surface area contributed by atoms with Crippen LogP contribution in [0.1, 0.15) is 32.6 Å². The van der Waals surface area contributed by atoms with Gasteiger partial charge in [-0.05, 0) is 42.0 Å². The number of halogens is 12. The molecule has 0 spiro atoms. The summed E-state index contributed by atoms with van der Waals surface area (Å²) in [5.74, 6) is -1.17. The van der Waals surface area contributed by atoms with Crippen molar-refractivity contribution in [3.63, 3.8) is 0 Å². The quantitative estimate of drug-likeness (QED) is 0.435. The van der Waals surface area contributed by atoms with Crippen LogP contribution in [-0.4, -0.2) is 24.8 Å². The van der Waals surface area contributed by atoms with Crippen LogP contribution < -0.4 is 10.8 Å². The number of alkyl halides is 12. The zero-order chi connectivity index (χ0) is 28.0. The first-order valence-corrected chi connectivity index (χ1v) is 9.72. The fourth-order valence-electron chi connectivity index (χ4n) is 3.24. The van der Waals surface area contributed by atoms with E-state index in [4.69, 9.17) is 0 Å². The zero-order valence-corrected chi connectivity index (χ0v) is 17.7. The van der Waals surface area contributed by atoms with Crippen LogP contribution in [0.15, 0.2) is 48.5 Å². The van der Waals surface area contributed by atoms with Gasteiger partial charge in [-0.2, -0.15) is 52.7 Å². The third-order valence-corrected chi connectivity index (χ3v) is 5.01. The lowest BCUT2D eigenvalue weighted by Crippen LogP contribution is -2.43. The van der Waals surface area contributed by atoms with E-state index >= 15 is 0 Å². The van der Waals surface area contributed by atoms with E-state index in [-0.39, 0.29) is 35.4 Å². The minimum atomic E-state index is -5.56. The van der Waals surface area contributed by atoms with Gasteiger partial charge in [0.25, 0.3) is 5.91 Å². The van der Waals surface area contributed by atoms with Gasteiger partial charge in [0.05, 0.1) is 16.8 Å². The van der Waals surface area contributed by atoms with Gasteiger partial charge in [-0.15, -0.1) is 0 Å². The Hall–Kier alpha value is -3.43. The van der Waals surface area contributed by atoms with Gasteiger partial charge in [-0.25, -0.2) is 0 Å². The SMILES string of the molecule is O=C(NCC(F)(F)F)c1ccc(C2=CC(c3cc(C(F)(F)F)cc(C(F)(F)F)c3)(C(F)(F)F)ON2)cc1. The Balaban J connectivity index is 2.04. The van der Waals surface area contributed by atoms with Crippen LogP contribution in [0.25, 0.3) is 5.70 Å². The van der Waals surface area contributed by atoms with Crippen LogP contribution in [0, 0.1) is 0 Å². The Bertz CT molecular complexity index is 1160. The molecule has 3 rings (SSSR count). The molecule has 0 aliphatic carbocycles. The maximum atomic E-state index is 14.1. The second-order valence-corrected chi connectivity index (χ2v) is 7.67. The van der Waals surface area contributed by atoms with Crippen LogP contribution in [0.2, 0.25) is 0 Å². The third-order valence-electron chi connectivity index (χ3n) is 5.01. The molecule has 0 bridgehead atoms. The Morgan fingerprint density at radius 2 is 1.32 bits per heavy atom. The summed E-state index contributed by atoms with van der Waals surface area (Å²) in [4.78, 5) is 16.3.